The first-order valence-corrected chi connectivity index (χ1v) is 15.2. The molecule has 0 aliphatic carbocycles. The first-order chi connectivity index (χ1) is 19.0. The van der Waals surface area contributed by atoms with Gasteiger partial charge >= 0.3 is 5.97 Å². The van der Waals surface area contributed by atoms with Crippen LogP contribution in [0.4, 0.5) is 0 Å². The fourth-order valence-corrected chi connectivity index (χ4v) is 4.84. The number of nitrogens with one attached hydrogen (secondary N) is 2. The minimum atomic E-state index is -0.831. The van der Waals surface area contributed by atoms with E-state index in [1.165, 1.54) is 32.1 Å². The summed E-state index contributed by atoms with van der Waals surface area (Å²) in [4.78, 5) is 39.8. The van der Waals surface area contributed by atoms with Crippen LogP contribution in [0.1, 0.15) is 108 Å². The molecule has 1 fully saturated rings. The number of hydrogen-bond donors (Lipinski definition) is 2. The van der Waals surface area contributed by atoms with Gasteiger partial charge in [-0.25, -0.2) is 0 Å². The molecule has 9 heteroatoms. The van der Waals surface area contributed by atoms with Crippen molar-refractivity contribution in [1.82, 2.24) is 15.5 Å². The molecule has 1 aliphatic heterocycles. The Hall–Kier alpha value is -2.68. The molecule has 0 saturated carbocycles. The van der Waals surface area contributed by atoms with E-state index in [1.807, 2.05) is 6.07 Å². The van der Waals surface area contributed by atoms with Crippen molar-refractivity contribution in [2.45, 2.75) is 103 Å². The number of para-hydroxylation sites is 1. The lowest BCUT2D eigenvalue weighted by Gasteiger charge is -2.36. The number of benzene rings is 1. The number of esters is 1. The maximum absolute atomic E-state index is 13.1. The number of hydrogen-bond acceptors (Lipinski definition) is 6. The van der Waals surface area contributed by atoms with E-state index in [2.05, 4.69) is 24.5 Å². The molecule has 2 amide bonds. The molecule has 1 saturated heterocycles. The van der Waals surface area contributed by atoms with E-state index in [1.54, 1.807) is 23.1 Å². The molecule has 8 nitrogen and oxygen atoms in total. The van der Waals surface area contributed by atoms with Crippen LogP contribution >= 0.6 is 12.2 Å². The molecule has 1 aromatic carbocycles. The first-order valence-electron chi connectivity index (χ1n) is 14.7. The molecule has 0 bridgehead atoms. The molecule has 1 heterocycles. The topological polar surface area (TPSA) is 97.0 Å². The van der Waals surface area contributed by atoms with Gasteiger partial charge < -0.3 is 19.7 Å². The molecule has 2 N–H and O–H groups in total. The van der Waals surface area contributed by atoms with Crippen LogP contribution in [0.2, 0.25) is 0 Å². The number of unbranched alkanes of at least 4 members (excludes halogenated alkanes) is 10. The minimum absolute atomic E-state index is 0.105. The largest absolute Gasteiger partial charge is 0.493 e. The molecule has 0 aromatic heterocycles. The Morgan fingerprint density at radius 2 is 1.56 bits per heavy atom. The number of ether oxygens (including phenoxy) is 2. The van der Waals surface area contributed by atoms with E-state index in [-0.39, 0.29) is 17.4 Å². The van der Waals surface area contributed by atoms with Crippen molar-refractivity contribution in [3.8, 4) is 5.75 Å². The quantitative estimate of drug-likeness (QED) is 0.138. The fraction of sp³-hybridized carbons (Fsp3) is 0.667. The molecule has 0 radical (unpaired) electrons. The number of carbonyl (C=O) groups excluding carboxylic acids is 3. The highest BCUT2D eigenvalue weighted by Crippen LogP contribution is 2.19. The summed E-state index contributed by atoms with van der Waals surface area (Å²) in [6.07, 6.45) is 13.4. The molecule has 0 spiro atoms. The number of carbonyl (C=O) groups is 3. The van der Waals surface area contributed by atoms with Gasteiger partial charge in [0.25, 0.3) is 5.91 Å². The lowest BCUT2D eigenvalue weighted by molar-refractivity contribution is -0.147. The Morgan fingerprint density at radius 1 is 0.949 bits per heavy atom. The molecule has 1 atom stereocenters. The Balaban J connectivity index is 1.83. The Bertz CT molecular complexity index is 910. The predicted octanol–water partition coefficient (Wildman–Crippen LogP) is 5.53. The average molecular weight is 562 g/mol. The molecule has 39 heavy (non-hydrogen) atoms. The van der Waals surface area contributed by atoms with E-state index < -0.39 is 17.9 Å². The van der Waals surface area contributed by atoms with Crippen LogP contribution in [0.3, 0.4) is 0 Å². The van der Waals surface area contributed by atoms with Gasteiger partial charge in [-0.2, -0.15) is 0 Å². The number of amides is 2. The van der Waals surface area contributed by atoms with Crippen molar-refractivity contribution in [2.24, 2.45) is 0 Å². The van der Waals surface area contributed by atoms with Crippen LogP contribution in [-0.4, -0.2) is 60.1 Å². The van der Waals surface area contributed by atoms with Gasteiger partial charge in [-0.05, 0) is 37.2 Å². The molecule has 2 rings (SSSR count). The molecule has 1 aromatic rings. The van der Waals surface area contributed by atoms with Crippen LogP contribution in [-0.2, 0) is 14.3 Å². The van der Waals surface area contributed by atoms with E-state index in [0.29, 0.717) is 37.6 Å². The fourth-order valence-electron chi connectivity index (χ4n) is 4.53. The second-order valence-electron chi connectivity index (χ2n) is 10.1. The molecular weight excluding hydrogens is 514 g/mol. The van der Waals surface area contributed by atoms with Gasteiger partial charge in [0.05, 0.1) is 25.2 Å². The number of rotatable bonds is 18. The Kier molecular flexibility index (Phi) is 16.2. The van der Waals surface area contributed by atoms with Gasteiger partial charge in [-0.1, -0.05) is 90.2 Å². The summed E-state index contributed by atoms with van der Waals surface area (Å²) in [6.45, 7) is 6.00. The van der Waals surface area contributed by atoms with E-state index in [0.717, 1.165) is 44.9 Å². The number of piperazine rings is 1. The highest BCUT2D eigenvalue weighted by atomic mass is 32.1. The number of nitrogens with zero attached hydrogens (tertiary/aromatic N) is 1. The van der Waals surface area contributed by atoms with Gasteiger partial charge in [0.1, 0.15) is 11.8 Å². The van der Waals surface area contributed by atoms with E-state index in [4.69, 9.17) is 21.7 Å². The third-order valence-electron chi connectivity index (χ3n) is 6.82. The normalized spacial score (nSPS) is 15.0. The maximum atomic E-state index is 13.1. The van der Waals surface area contributed by atoms with Gasteiger partial charge in [0, 0.05) is 13.1 Å². The summed E-state index contributed by atoms with van der Waals surface area (Å²) in [6, 6.07) is 6.20. The average Bonchev–Trinajstić information content (AvgIpc) is 2.93. The summed E-state index contributed by atoms with van der Waals surface area (Å²) >= 11 is 5.51. The number of thiocarbonyl (C=S) groups is 1. The zero-order valence-corrected chi connectivity index (χ0v) is 24.6. The summed E-state index contributed by atoms with van der Waals surface area (Å²) in [7, 11) is 0. The minimum Gasteiger partial charge on any atom is -0.493 e. The van der Waals surface area contributed by atoms with Gasteiger partial charge in [0.15, 0.2) is 5.11 Å². The highest BCUT2D eigenvalue weighted by molar-refractivity contribution is 7.80. The van der Waals surface area contributed by atoms with E-state index in [9.17, 15) is 14.4 Å². The zero-order chi connectivity index (χ0) is 28.3. The van der Waals surface area contributed by atoms with Crippen molar-refractivity contribution in [1.29, 1.82) is 0 Å². The standard InChI is InChI=1S/C30H47N3O5S/c1-3-5-7-9-10-11-12-16-22-38-27(34)23-25-29(36)31-19-20-33(25)30(39)32-28(35)24-17-13-14-18-26(24)37-21-15-8-6-4-2/h13-14,17-18,25H,3-12,15-16,19-23H2,1-2H3,(H,31,36)(H,32,35,39). The SMILES string of the molecule is CCCCCCCCCCOC(=O)CC1C(=O)NCCN1C(=S)NC(=O)c1ccccc1OCCCCCC. The molecule has 218 valence electrons. The second-order valence-corrected chi connectivity index (χ2v) is 10.5. The van der Waals surface area contributed by atoms with Gasteiger partial charge in [-0.3, -0.25) is 19.7 Å². The third-order valence-corrected chi connectivity index (χ3v) is 7.16. The van der Waals surface area contributed by atoms with Crippen molar-refractivity contribution < 1.29 is 23.9 Å². The van der Waals surface area contributed by atoms with Gasteiger partial charge in [-0.15, -0.1) is 0 Å². The predicted molar refractivity (Wildman–Crippen MR) is 158 cm³/mol. The molecule has 1 aliphatic rings. The Labute approximate surface area is 239 Å². The van der Waals surface area contributed by atoms with Crippen LogP contribution in [0.5, 0.6) is 5.75 Å². The molecular formula is C30H47N3O5S. The summed E-state index contributed by atoms with van der Waals surface area (Å²) < 4.78 is 11.3. The first kappa shape index (κ1) is 32.5. The van der Waals surface area contributed by atoms with E-state index >= 15 is 0 Å². The molecule has 1 unspecified atom stereocenters. The van der Waals surface area contributed by atoms with Crippen LogP contribution in [0.15, 0.2) is 24.3 Å². The summed E-state index contributed by atoms with van der Waals surface area (Å²) in [5.41, 5.74) is 0.373. The third kappa shape index (κ3) is 12.4. The maximum Gasteiger partial charge on any atom is 0.308 e. The van der Waals surface area contributed by atoms with Crippen LogP contribution in [0.25, 0.3) is 0 Å². The highest BCUT2D eigenvalue weighted by Gasteiger charge is 2.34. The smallest absolute Gasteiger partial charge is 0.308 e. The van der Waals surface area contributed by atoms with Crippen LogP contribution in [0, 0.1) is 0 Å². The lowest BCUT2D eigenvalue weighted by atomic mass is 10.1. The van der Waals surface area contributed by atoms with Crippen molar-refractivity contribution in [3.05, 3.63) is 29.8 Å². The van der Waals surface area contributed by atoms with Gasteiger partial charge in [0.2, 0.25) is 5.91 Å². The van der Waals surface area contributed by atoms with Crippen molar-refractivity contribution in [3.63, 3.8) is 0 Å². The van der Waals surface area contributed by atoms with Crippen molar-refractivity contribution in [2.75, 3.05) is 26.3 Å². The van der Waals surface area contributed by atoms with Crippen LogP contribution < -0.4 is 15.4 Å². The monoisotopic (exact) mass is 561 g/mol. The second kappa shape index (κ2) is 19.4. The lowest BCUT2D eigenvalue weighted by Crippen LogP contribution is -2.60. The van der Waals surface area contributed by atoms with Crippen molar-refractivity contribution >= 4 is 35.1 Å². The summed E-state index contributed by atoms with van der Waals surface area (Å²) in [5.74, 6) is -0.670. The zero-order valence-electron chi connectivity index (χ0n) is 23.8. The summed E-state index contributed by atoms with van der Waals surface area (Å²) in [5, 5.41) is 5.61. The Morgan fingerprint density at radius 3 is 2.28 bits per heavy atom.